The Morgan fingerprint density at radius 3 is 2.52 bits per heavy atom. The standard InChI is InChI=1S/C19H20N2O4/c1-20(2)15-5-4-13-11-21(19(23)17(13)10-15)14-6-8-16(9-7-14)25-12-18(22)24-3/h4-10H,11-12H2,1-3H3. The first kappa shape index (κ1) is 16.8. The molecule has 0 N–H and O–H groups in total. The summed E-state index contributed by atoms with van der Waals surface area (Å²) < 4.78 is 9.86. The molecule has 0 aliphatic carbocycles. The molecule has 2 aromatic rings. The number of ether oxygens (including phenoxy) is 2. The first-order chi connectivity index (χ1) is 12.0. The lowest BCUT2D eigenvalue weighted by molar-refractivity contribution is -0.142. The van der Waals surface area contributed by atoms with Gasteiger partial charge in [0.1, 0.15) is 5.75 Å². The number of fused-ring (bicyclic) bond motifs is 1. The average molecular weight is 340 g/mol. The lowest BCUT2D eigenvalue weighted by Gasteiger charge is -2.16. The second kappa shape index (κ2) is 6.84. The number of benzene rings is 2. The van der Waals surface area contributed by atoms with Crippen LogP contribution in [0.25, 0.3) is 0 Å². The van der Waals surface area contributed by atoms with Gasteiger partial charge in [-0.25, -0.2) is 4.79 Å². The predicted octanol–water partition coefficient (Wildman–Crippen LogP) is 2.46. The Kier molecular flexibility index (Phi) is 4.61. The highest BCUT2D eigenvalue weighted by atomic mass is 16.6. The Balaban J connectivity index is 1.75. The summed E-state index contributed by atoms with van der Waals surface area (Å²) in [5.74, 6) is 0.0982. The van der Waals surface area contributed by atoms with Crippen LogP contribution >= 0.6 is 0 Å². The molecule has 1 aliphatic heterocycles. The first-order valence-electron chi connectivity index (χ1n) is 7.91. The highest BCUT2D eigenvalue weighted by Crippen LogP contribution is 2.31. The maximum atomic E-state index is 12.7. The Bertz CT molecular complexity index is 800. The van der Waals surface area contributed by atoms with Crippen molar-refractivity contribution in [3.05, 3.63) is 53.6 Å². The largest absolute Gasteiger partial charge is 0.482 e. The molecule has 0 saturated carbocycles. The molecule has 1 amide bonds. The fraction of sp³-hybridized carbons (Fsp3) is 0.263. The van der Waals surface area contributed by atoms with E-state index in [-0.39, 0.29) is 12.5 Å². The van der Waals surface area contributed by atoms with Crippen LogP contribution in [0.4, 0.5) is 11.4 Å². The van der Waals surface area contributed by atoms with Gasteiger partial charge in [-0.2, -0.15) is 0 Å². The van der Waals surface area contributed by atoms with E-state index in [1.165, 1.54) is 7.11 Å². The molecule has 0 bridgehead atoms. The van der Waals surface area contributed by atoms with Crippen LogP contribution in [0.15, 0.2) is 42.5 Å². The molecule has 0 aromatic heterocycles. The number of nitrogens with zero attached hydrogens (tertiary/aromatic N) is 2. The summed E-state index contributed by atoms with van der Waals surface area (Å²) in [7, 11) is 5.21. The summed E-state index contributed by atoms with van der Waals surface area (Å²) in [5, 5.41) is 0. The van der Waals surface area contributed by atoms with E-state index in [0.29, 0.717) is 12.3 Å². The van der Waals surface area contributed by atoms with Gasteiger partial charge in [0.05, 0.1) is 13.7 Å². The molecule has 0 spiro atoms. The fourth-order valence-corrected chi connectivity index (χ4v) is 2.70. The van der Waals surface area contributed by atoms with E-state index >= 15 is 0 Å². The second-order valence-corrected chi connectivity index (χ2v) is 5.99. The maximum absolute atomic E-state index is 12.7. The number of carbonyl (C=O) groups excluding carboxylic acids is 2. The quantitative estimate of drug-likeness (QED) is 0.783. The van der Waals surface area contributed by atoms with Crippen LogP contribution in [0, 0.1) is 0 Å². The van der Waals surface area contributed by atoms with Gasteiger partial charge in [-0.05, 0) is 42.0 Å². The van der Waals surface area contributed by atoms with Gasteiger partial charge < -0.3 is 19.3 Å². The van der Waals surface area contributed by atoms with Crippen LogP contribution in [-0.4, -0.2) is 39.7 Å². The summed E-state index contributed by atoms with van der Waals surface area (Å²) in [4.78, 5) is 27.5. The predicted molar refractivity (Wildman–Crippen MR) is 95.2 cm³/mol. The van der Waals surface area contributed by atoms with Crippen molar-refractivity contribution in [3.63, 3.8) is 0 Å². The summed E-state index contributed by atoms with van der Waals surface area (Å²) in [6, 6.07) is 13.0. The van der Waals surface area contributed by atoms with Gasteiger partial charge in [0, 0.05) is 31.0 Å². The van der Waals surface area contributed by atoms with Gasteiger partial charge in [0.25, 0.3) is 5.91 Å². The number of esters is 1. The smallest absolute Gasteiger partial charge is 0.343 e. The molecule has 6 heteroatoms. The average Bonchev–Trinajstić information content (AvgIpc) is 2.96. The molecule has 0 atom stereocenters. The zero-order chi connectivity index (χ0) is 18.0. The van der Waals surface area contributed by atoms with Crippen LogP contribution in [0.2, 0.25) is 0 Å². The summed E-state index contributed by atoms with van der Waals surface area (Å²) >= 11 is 0. The number of anilines is 2. The molecule has 0 unspecified atom stereocenters. The Morgan fingerprint density at radius 2 is 1.88 bits per heavy atom. The van der Waals surface area contributed by atoms with Crippen molar-refractivity contribution in [3.8, 4) is 5.75 Å². The van der Waals surface area contributed by atoms with Gasteiger partial charge in [-0.1, -0.05) is 6.07 Å². The number of hydrogen-bond acceptors (Lipinski definition) is 5. The van der Waals surface area contributed by atoms with E-state index in [1.54, 1.807) is 17.0 Å². The number of methoxy groups -OCH3 is 1. The molecule has 1 heterocycles. The SMILES string of the molecule is COC(=O)COc1ccc(N2Cc3ccc(N(C)C)cc3C2=O)cc1. The topological polar surface area (TPSA) is 59.1 Å². The van der Waals surface area contributed by atoms with Gasteiger partial charge in [-0.15, -0.1) is 0 Å². The van der Waals surface area contributed by atoms with Crippen molar-refractivity contribution in [1.82, 2.24) is 0 Å². The number of amides is 1. The van der Waals surface area contributed by atoms with E-state index in [2.05, 4.69) is 4.74 Å². The monoisotopic (exact) mass is 340 g/mol. The summed E-state index contributed by atoms with van der Waals surface area (Å²) in [5.41, 5.74) is 3.54. The fourth-order valence-electron chi connectivity index (χ4n) is 2.70. The molecule has 25 heavy (non-hydrogen) atoms. The van der Waals surface area contributed by atoms with Crippen molar-refractivity contribution in [2.75, 3.05) is 37.6 Å². The van der Waals surface area contributed by atoms with Crippen LogP contribution < -0.4 is 14.5 Å². The van der Waals surface area contributed by atoms with E-state index in [9.17, 15) is 9.59 Å². The number of carbonyl (C=O) groups is 2. The van der Waals surface area contributed by atoms with Crippen molar-refractivity contribution in [1.29, 1.82) is 0 Å². The highest BCUT2D eigenvalue weighted by molar-refractivity contribution is 6.10. The van der Waals surface area contributed by atoms with Crippen molar-refractivity contribution >= 4 is 23.3 Å². The van der Waals surface area contributed by atoms with Crippen LogP contribution in [0.3, 0.4) is 0 Å². The minimum absolute atomic E-state index is 0.0121. The molecule has 3 rings (SSSR count). The zero-order valence-corrected chi connectivity index (χ0v) is 14.5. The lowest BCUT2D eigenvalue weighted by atomic mass is 10.1. The van der Waals surface area contributed by atoms with Gasteiger partial charge in [-0.3, -0.25) is 4.79 Å². The molecule has 0 radical (unpaired) electrons. The molecule has 0 fully saturated rings. The van der Waals surface area contributed by atoms with Crippen LogP contribution in [-0.2, 0) is 16.1 Å². The van der Waals surface area contributed by atoms with E-state index in [1.807, 2.05) is 49.3 Å². The molecular weight excluding hydrogens is 320 g/mol. The van der Waals surface area contributed by atoms with Gasteiger partial charge >= 0.3 is 5.97 Å². The van der Waals surface area contributed by atoms with Crippen molar-refractivity contribution < 1.29 is 19.1 Å². The van der Waals surface area contributed by atoms with Crippen molar-refractivity contribution in [2.24, 2.45) is 0 Å². The number of rotatable bonds is 5. The van der Waals surface area contributed by atoms with Crippen molar-refractivity contribution in [2.45, 2.75) is 6.54 Å². The third-order valence-corrected chi connectivity index (χ3v) is 4.15. The molecule has 2 aromatic carbocycles. The molecular formula is C19H20N2O4. The van der Waals surface area contributed by atoms with Crippen LogP contribution in [0.1, 0.15) is 15.9 Å². The van der Waals surface area contributed by atoms with E-state index < -0.39 is 5.97 Å². The Labute approximate surface area is 146 Å². The summed E-state index contributed by atoms with van der Waals surface area (Å²) in [6.07, 6.45) is 0. The highest BCUT2D eigenvalue weighted by Gasteiger charge is 2.28. The summed E-state index contributed by atoms with van der Waals surface area (Å²) in [6.45, 7) is 0.404. The molecule has 0 saturated heterocycles. The molecule has 1 aliphatic rings. The zero-order valence-electron chi connectivity index (χ0n) is 14.5. The third-order valence-electron chi connectivity index (χ3n) is 4.15. The second-order valence-electron chi connectivity index (χ2n) is 5.99. The molecule has 6 nitrogen and oxygen atoms in total. The lowest BCUT2D eigenvalue weighted by Crippen LogP contribution is -2.23. The number of hydrogen-bond donors (Lipinski definition) is 0. The maximum Gasteiger partial charge on any atom is 0.343 e. The van der Waals surface area contributed by atoms with Gasteiger partial charge in [0.15, 0.2) is 6.61 Å². The Hall–Kier alpha value is -3.02. The van der Waals surface area contributed by atoms with Gasteiger partial charge in [0.2, 0.25) is 0 Å². The minimum atomic E-state index is -0.439. The Morgan fingerprint density at radius 1 is 1.16 bits per heavy atom. The minimum Gasteiger partial charge on any atom is -0.482 e. The molecule has 130 valence electrons. The van der Waals surface area contributed by atoms with E-state index in [4.69, 9.17) is 4.74 Å². The normalized spacial score (nSPS) is 12.8. The third kappa shape index (κ3) is 3.42. The van der Waals surface area contributed by atoms with E-state index in [0.717, 1.165) is 22.5 Å². The van der Waals surface area contributed by atoms with Crippen LogP contribution in [0.5, 0.6) is 5.75 Å². The first-order valence-corrected chi connectivity index (χ1v) is 7.91.